The van der Waals surface area contributed by atoms with Gasteiger partial charge in [-0.1, -0.05) is 25.1 Å². The van der Waals surface area contributed by atoms with Gasteiger partial charge in [0.2, 0.25) is 5.95 Å². The topological polar surface area (TPSA) is 117 Å². The van der Waals surface area contributed by atoms with E-state index in [1.165, 1.54) is 0 Å². The molecular weight excluding hydrogens is 502 g/mol. The summed E-state index contributed by atoms with van der Waals surface area (Å²) in [5.41, 5.74) is 2.53. The molecule has 11 heteroatoms. The molecule has 1 N–H and O–H groups in total. The first-order chi connectivity index (χ1) is 17.7. The predicted octanol–water partition coefficient (Wildman–Crippen LogP) is 2.36. The number of nitriles is 1. The summed E-state index contributed by atoms with van der Waals surface area (Å²) < 4.78 is 28.4. The van der Waals surface area contributed by atoms with E-state index in [-0.39, 0.29) is 21.4 Å². The molecular formula is C26H29N7O2SSi. The Hall–Kier alpha value is -3.59. The number of likely N-dealkylation sites (N-methyl/N-ethyl adjacent to an activating group) is 1. The number of benzene rings is 1. The molecule has 0 unspecified atom stereocenters. The lowest BCUT2D eigenvalue weighted by molar-refractivity contribution is 0.241. The van der Waals surface area contributed by atoms with Crippen LogP contribution in [0.15, 0.2) is 59.8 Å². The lowest BCUT2D eigenvalue weighted by Gasteiger charge is -2.39. The quantitative estimate of drug-likeness (QED) is 0.377. The highest BCUT2D eigenvalue weighted by Gasteiger charge is 2.30. The van der Waals surface area contributed by atoms with E-state index in [2.05, 4.69) is 27.2 Å². The monoisotopic (exact) mass is 531 g/mol. The molecule has 0 aliphatic carbocycles. The Bertz CT molecular complexity index is 1620. The van der Waals surface area contributed by atoms with Gasteiger partial charge >= 0.3 is 0 Å². The van der Waals surface area contributed by atoms with Crippen LogP contribution in [0.3, 0.4) is 0 Å². The molecule has 4 heterocycles. The van der Waals surface area contributed by atoms with Gasteiger partial charge in [-0.15, -0.1) is 0 Å². The molecule has 1 atom stereocenters. The molecule has 0 radical (unpaired) electrons. The lowest BCUT2D eigenvalue weighted by Crippen LogP contribution is -2.52. The first kappa shape index (κ1) is 25.1. The molecule has 1 fully saturated rings. The SMILES string of the molecule is CCc1cnc(N[C@]2([SiH3])CCCN(C)C2)nc1-c1cn(S(=O)(=O)c2ccccc2)c2nc(C#N)ccc12. The largest absolute Gasteiger partial charge is 0.351 e. The molecule has 0 saturated carbocycles. The van der Waals surface area contributed by atoms with Crippen molar-refractivity contribution >= 4 is 37.2 Å². The van der Waals surface area contributed by atoms with E-state index in [4.69, 9.17) is 4.98 Å². The van der Waals surface area contributed by atoms with Crippen molar-refractivity contribution < 1.29 is 8.42 Å². The molecule has 0 spiro atoms. The number of piperidine rings is 1. The summed E-state index contributed by atoms with van der Waals surface area (Å²) >= 11 is 0. The minimum Gasteiger partial charge on any atom is -0.351 e. The number of fused-ring (bicyclic) bond motifs is 1. The molecule has 0 bridgehead atoms. The van der Waals surface area contributed by atoms with Crippen LogP contribution in [0.1, 0.15) is 31.0 Å². The number of hydrogen-bond acceptors (Lipinski definition) is 8. The molecule has 0 amide bonds. The number of aryl methyl sites for hydroxylation is 1. The van der Waals surface area contributed by atoms with E-state index >= 15 is 0 Å². The molecule has 3 aromatic heterocycles. The van der Waals surface area contributed by atoms with Gasteiger partial charge in [-0.2, -0.15) is 5.26 Å². The van der Waals surface area contributed by atoms with Crippen molar-refractivity contribution in [3.8, 4) is 17.3 Å². The summed E-state index contributed by atoms with van der Waals surface area (Å²) in [6.07, 6.45) is 6.23. The van der Waals surface area contributed by atoms with Crippen molar-refractivity contribution in [1.29, 1.82) is 5.26 Å². The number of aromatic nitrogens is 4. The molecule has 1 aliphatic heterocycles. The maximum Gasteiger partial charge on any atom is 0.269 e. The molecule has 5 rings (SSSR count). The average Bonchev–Trinajstić information content (AvgIpc) is 3.28. The number of anilines is 1. The van der Waals surface area contributed by atoms with Gasteiger partial charge in [-0.3, -0.25) is 0 Å². The fourth-order valence-corrected chi connectivity index (χ4v) is 7.49. The summed E-state index contributed by atoms with van der Waals surface area (Å²) in [4.78, 5) is 16.4. The van der Waals surface area contributed by atoms with E-state index in [1.807, 2.05) is 19.2 Å². The van der Waals surface area contributed by atoms with Crippen LogP contribution in [0, 0.1) is 11.3 Å². The minimum atomic E-state index is -3.96. The molecule has 1 aromatic carbocycles. The third kappa shape index (κ3) is 4.75. The first-order valence-corrected chi connectivity index (χ1v) is 14.7. The van der Waals surface area contributed by atoms with Crippen molar-refractivity contribution in [1.82, 2.24) is 23.8 Å². The van der Waals surface area contributed by atoms with Crippen molar-refractivity contribution in [2.24, 2.45) is 0 Å². The first-order valence-electron chi connectivity index (χ1n) is 12.3. The smallest absolute Gasteiger partial charge is 0.269 e. The van der Waals surface area contributed by atoms with Gasteiger partial charge in [0.05, 0.1) is 10.6 Å². The lowest BCUT2D eigenvalue weighted by atomic mass is 10.0. The van der Waals surface area contributed by atoms with E-state index in [0.29, 0.717) is 29.0 Å². The minimum absolute atomic E-state index is 0.0358. The van der Waals surface area contributed by atoms with E-state index in [0.717, 1.165) is 45.7 Å². The number of hydrogen-bond donors (Lipinski definition) is 1. The van der Waals surface area contributed by atoms with Crippen molar-refractivity contribution in [2.75, 3.05) is 25.5 Å². The van der Waals surface area contributed by atoms with Gasteiger partial charge in [0, 0.05) is 45.3 Å². The summed E-state index contributed by atoms with van der Waals surface area (Å²) in [6.45, 7) is 4.04. The summed E-state index contributed by atoms with van der Waals surface area (Å²) in [5.74, 6) is 0.533. The standard InChI is InChI=1S/C26H29N7O2SSi/c1-3-18-15-28-25(31-26(37)12-7-13-32(2)17-26)30-23(18)22-16-33(24-21(22)11-10-19(14-27)29-24)36(34,35)20-8-5-4-6-9-20/h4-6,8-11,15-16H,3,7,12-13,17H2,1-2,37H3,(H,28,30,31)/t26-/m0/s1. The summed E-state index contributed by atoms with van der Waals surface area (Å²) in [5, 5.41) is 13.6. The Morgan fingerprint density at radius 1 is 1.19 bits per heavy atom. The molecule has 190 valence electrons. The molecule has 4 aromatic rings. The van der Waals surface area contributed by atoms with Crippen molar-refractivity contribution in [3.05, 3.63) is 66.1 Å². The molecule has 9 nitrogen and oxygen atoms in total. The van der Waals surface area contributed by atoms with E-state index < -0.39 is 10.0 Å². The predicted molar refractivity (Wildman–Crippen MR) is 147 cm³/mol. The fraction of sp³-hybridized carbons (Fsp3) is 0.308. The van der Waals surface area contributed by atoms with E-state index in [1.54, 1.807) is 48.7 Å². The zero-order chi connectivity index (χ0) is 26.2. The Kier molecular flexibility index (Phi) is 6.57. The molecule has 1 saturated heterocycles. The van der Waals surface area contributed by atoms with E-state index in [9.17, 15) is 13.7 Å². The second-order valence-electron chi connectivity index (χ2n) is 9.78. The van der Waals surface area contributed by atoms with Gasteiger partial charge in [0.1, 0.15) is 11.8 Å². The number of pyridine rings is 1. The van der Waals surface area contributed by atoms with Gasteiger partial charge in [-0.25, -0.2) is 27.3 Å². The number of nitrogens with one attached hydrogen (secondary N) is 1. The zero-order valence-electron chi connectivity index (χ0n) is 21.1. The Balaban J connectivity index is 1.68. The second kappa shape index (κ2) is 9.70. The third-order valence-electron chi connectivity index (χ3n) is 6.84. The molecule has 1 aliphatic rings. The number of rotatable bonds is 6. The highest BCUT2D eigenvalue weighted by molar-refractivity contribution is 7.90. The fourth-order valence-electron chi connectivity index (χ4n) is 5.04. The maximum absolute atomic E-state index is 13.6. The Labute approximate surface area is 219 Å². The summed E-state index contributed by atoms with van der Waals surface area (Å²) in [7, 11) is -0.898. The van der Waals surface area contributed by atoms with Crippen LogP contribution in [0.2, 0.25) is 0 Å². The van der Waals surface area contributed by atoms with Crippen LogP contribution in [0.25, 0.3) is 22.3 Å². The van der Waals surface area contributed by atoms with Crippen LogP contribution in [-0.4, -0.2) is 67.8 Å². The number of nitrogens with zero attached hydrogens (tertiary/aromatic N) is 6. The zero-order valence-corrected chi connectivity index (χ0v) is 24.0. The van der Waals surface area contributed by atoms with Gasteiger partial charge < -0.3 is 10.2 Å². The van der Waals surface area contributed by atoms with Gasteiger partial charge in [0.25, 0.3) is 10.0 Å². The average molecular weight is 532 g/mol. The van der Waals surface area contributed by atoms with Crippen LogP contribution in [-0.2, 0) is 16.4 Å². The second-order valence-corrected chi connectivity index (χ2v) is 13.5. The Morgan fingerprint density at radius 2 is 1.97 bits per heavy atom. The van der Waals surface area contributed by atoms with Crippen LogP contribution >= 0.6 is 0 Å². The summed E-state index contributed by atoms with van der Waals surface area (Å²) in [6, 6.07) is 13.6. The van der Waals surface area contributed by atoms with Gasteiger partial charge in [-0.05, 0) is 62.7 Å². The van der Waals surface area contributed by atoms with Crippen molar-refractivity contribution in [3.63, 3.8) is 0 Å². The third-order valence-corrected chi connectivity index (χ3v) is 9.57. The van der Waals surface area contributed by atoms with Crippen LogP contribution < -0.4 is 5.32 Å². The highest BCUT2D eigenvalue weighted by Crippen LogP contribution is 2.34. The normalized spacial score (nSPS) is 18.6. The molecule has 37 heavy (non-hydrogen) atoms. The maximum atomic E-state index is 13.6. The Morgan fingerprint density at radius 3 is 2.68 bits per heavy atom. The van der Waals surface area contributed by atoms with Crippen molar-refractivity contribution in [2.45, 2.75) is 36.2 Å². The number of likely N-dealkylation sites (tertiary alicyclic amines) is 1. The van der Waals surface area contributed by atoms with Crippen LogP contribution in [0.4, 0.5) is 5.95 Å². The van der Waals surface area contributed by atoms with Crippen LogP contribution in [0.5, 0.6) is 0 Å². The van der Waals surface area contributed by atoms with Gasteiger partial charge in [0.15, 0.2) is 5.65 Å². The highest BCUT2D eigenvalue weighted by atomic mass is 32.2.